The van der Waals surface area contributed by atoms with Crippen LogP contribution < -0.4 is 14.8 Å². The van der Waals surface area contributed by atoms with Gasteiger partial charge in [-0.3, -0.25) is 0 Å². The number of anilines is 1. The predicted octanol–water partition coefficient (Wildman–Crippen LogP) is 2.84. The molecule has 1 aliphatic rings. The minimum atomic E-state index is 0.118. The van der Waals surface area contributed by atoms with Gasteiger partial charge in [-0.2, -0.15) is 0 Å². The van der Waals surface area contributed by atoms with Crippen LogP contribution in [0.15, 0.2) is 12.1 Å². The highest BCUT2D eigenvalue weighted by atomic mass is 16.5. The predicted molar refractivity (Wildman–Crippen MR) is 65.6 cm³/mol. The molecule has 2 rings (SSSR count). The van der Waals surface area contributed by atoms with Crippen molar-refractivity contribution in [3.8, 4) is 11.5 Å². The van der Waals surface area contributed by atoms with Crippen molar-refractivity contribution in [1.29, 1.82) is 0 Å². The molecule has 0 atom stereocenters. The highest BCUT2D eigenvalue weighted by molar-refractivity contribution is 5.69. The zero-order valence-electron chi connectivity index (χ0n) is 10.4. The smallest absolute Gasteiger partial charge is 0.142 e. The number of methoxy groups -OCH3 is 2. The number of hydrogen-bond donors (Lipinski definition) is 1. The van der Waals surface area contributed by atoms with Crippen molar-refractivity contribution >= 4 is 5.69 Å². The van der Waals surface area contributed by atoms with Gasteiger partial charge in [-0.15, -0.1) is 0 Å². The maximum absolute atomic E-state index is 5.39. The number of ether oxygens (including phenoxy) is 2. The molecule has 1 aromatic carbocycles. The Balaban J connectivity index is 2.50. The summed E-state index contributed by atoms with van der Waals surface area (Å²) in [5.74, 6) is 1.84. The van der Waals surface area contributed by atoms with Crippen LogP contribution >= 0.6 is 0 Å². The summed E-state index contributed by atoms with van der Waals surface area (Å²) in [7, 11) is 3.41. The van der Waals surface area contributed by atoms with Crippen LogP contribution in [-0.4, -0.2) is 19.8 Å². The third kappa shape index (κ3) is 1.82. The lowest BCUT2D eigenvalue weighted by molar-refractivity contribution is 0.390. The molecule has 0 radical (unpaired) electrons. The third-order valence-electron chi connectivity index (χ3n) is 3.13. The highest BCUT2D eigenvalue weighted by Gasteiger charge is 2.28. The van der Waals surface area contributed by atoms with Crippen LogP contribution in [0.5, 0.6) is 11.5 Å². The van der Waals surface area contributed by atoms with Gasteiger partial charge in [0.25, 0.3) is 0 Å². The second-order valence-corrected chi connectivity index (χ2v) is 4.83. The van der Waals surface area contributed by atoms with Gasteiger partial charge in [0.1, 0.15) is 11.5 Å². The second-order valence-electron chi connectivity index (χ2n) is 4.83. The van der Waals surface area contributed by atoms with Crippen LogP contribution in [0.2, 0.25) is 0 Å². The van der Waals surface area contributed by atoms with E-state index in [4.69, 9.17) is 9.47 Å². The van der Waals surface area contributed by atoms with E-state index in [1.54, 1.807) is 14.2 Å². The lowest BCUT2D eigenvalue weighted by Crippen LogP contribution is -2.35. The lowest BCUT2D eigenvalue weighted by Gasteiger charge is -2.35. The molecule has 0 spiro atoms. The van der Waals surface area contributed by atoms with Crippen molar-refractivity contribution in [1.82, 2.24) is 0 Å². The fourth-order valence-corrected chi connectivity index (χ4v) is 2.19. The summed E-state index contributed by atoms with van der Waals surface area (Å²) in [6.45, 7) is 4.41. The molecule has 88 valence electrons. The molecule has 1 heterocycles. The van der Waals surface area contributed by atoms with Gasteiger partial charge in [0.2, 0.25) is 0 Å². The first kappa shape index (κ1) is 11.1. The van der Waals surface area contributed by atoms with E-state index in [9.17, 15) is 0 Å². The summed E-state index contributed by atoms with van der Waals surface area (Å²) in [6, 6.07) is 3.92. The van der Waals surface area contributed by atoms with Gasteiger partial charge in [0.05, 0.1) is 19.9 Å². The Morgan fingerprint density at radius 3 is 2.38 bits per heavy atom. The van der Waals surface area contributed by atoms with Crippen LogP contribution in [0.25, 0.3) is 0 Å². The Morgan fingerprint density at radius 2 is 1.75 bits per heavy atom. The minimum absolute atomic E-state index is 0.118. The number of rotatable bonds is 2. The summed E-state index contributed by atoms with van der Waals surface area (Å²) >= 11 is 0. The molecular weight excluding hydrogens is 202 g/mol. The lowest BCUT2D eigenvalue weighted by atomic mass is 9.88. The molecule has 1 aliphatic heterocycles. The third-order valence-corrected chi connectivity index (χ3v) is 3.13. The molecule has 3 heteroatoms. The molecule has 0 saturated carbocycles. The molecule has 3 nitrogen and oxygen atoms in total. The fourth-order valence-electron chi connectivity index (χ4n) is 2.19. The summed E-state index contributed by atoms with van der Waals surface area (Å²) in [6.07, 6.45) is 2.12. The van der Waals surface area contributed by atoms with Crippen molar-refractivity contribution in [3.05, 3.63) is 17.7 Å². The van der Waals surface area contributed by atoms with Crippen molar-refractivity contribution in [3.63, 3.8) is 0 Å². The van der Waals surface area contributed by atoms with E-state index in [1.165, 1.54) is 5.56 Å². The van der Waals surface area contributed by atoms with Gasteiger partial charge < -0.3 is 14.8 Å². The maximum Gasteiger partial charge on any atom is 0.142 e. The monoisotopic (exact) mass is 221 g/mol. The Hall–Kier alpha value is -1.38. The average Bonchev–Trinajstić information content (AvgIpc) is 2.26. The Labute approximate surface area is 96.8 Å². The van der Waals surface area contributed by atoms with Gasteiger partial charge >= 0.3 is 0 Å². The van der Waals surface area contributed by atoms with Crippen LogP contribution in [0.3, 0.4) is 0 Å². The fraction of sp³-hybridized carbons (Fsp3) is 0.538. The zero-order chi connectivity index (χ0) is 11.8. The normalized spacial score (nSPS) is 17.2. The van der Waals surface area contributed by atoms with E-state index in [0.29, 0.717) is 0 Å². The number of fused-ring (bicyclic) bond motifs is 1. The van der Waals surface area contributed by atoms with Crippen LogP contribution in [-0.2, 0) is 6.42 Å². The van der Waals surface area contributed by atoms with Gasteiger partial charge in [-0.1, -0.05) is 0 Å². The SMILES string of the molecule is COc1ccc(OC)c2c1CCC(C)(C)N2. The Bertz CT molecular complexity index is 399. The Kier molecular flexibility index (Phi) is 2.70. The number of benzene rings is 1. The minimum Gasteiger partial charge on any atom is -0.496 e. The van der Waals surface area contributed by atoms with E-state index >= 15 is 0 Å². The van der Waals surface area contributed by atoms with Gasteiger partial charge in [-0.05, 0) is 38.8 Å². The molecule has 16 heavy (non-hydrogen) atoms. The molecule has 0 unspecified atom stereocenters. The topological polar surface area (TPSA) is 30.5 Å². The molecule has 0 saturated heterocycles. The van der Waals surface area contributed by atoms with E-state index in [1.807, 2.05) is 12.1 Å². The van der Waals surface area contributed by atoms with Crippen LogP contribution in [0.1, 0.15) is 25.8 Å². The quantitative estimate of drug-likeness (QED) is 0.833. The summed E-state index contributed by atoms with van der Waals surface area (Å²) in [5.41, 5.74) is 2.42. The van der Waals surface area contributed by atoms with Crippen molar-refractivity contribution < 1.29 is 9.47 Å². The molecule has 1 aromatic rings. The van der Waals surface area contributed by atoms with Crippen molar-refractivity contribution in [2.24, 2.45) is 0 Å². The summed E-state index contributed by atoms with van der Waals surface area (Å²) < 4.78 is 10.8. The molecule has 0 aliphatic carbocycles. The van der Waals surface area contributed by atoms with E-state index < -0.39 is 0 Å². The van der Waals surface area contributed by atoms with E-state index in [0.717, 1.165) is 30.0 Å². The summed E-state index contributed by atoms with van der Waals surface area (Å²) in [4.78, 5) is 0. The molecule has 0 fully saturated rings. The Morgan fingerprint density at radius 1 is 1.12 bits per heavy atom. The largest absolute Gasteiger partial charge is 0.496 e. The first-order valence-corrected chi connectivity index (χ1v) is 5.59. The van der Waals surface area contributed by atoms with Crippen molar-refractivity contribution in [2.45, 2.75) is 32.2 Å². The zero-order valence-corrected chi connectivity index (χ0v) is 10.4. The number of hydrogen-bond acceptors (Lipinski definition) is 3. The van der Waals surface area contributed by atoms with E-state index in [-0.39, 0.29) is 5.54 Å². The van der Waals surface area contributed by atoms with Crippen molar-refractivity contribution in [2.75, 3.05) is 19.5 Å². The van der Waals surface area contributed by atoms with Gasteiger partial charge in [-0.25, -0.2) is 0 Å². The van der Waals surface area contributed by atoms with Gasteiger partial charge in [0, 0.05) is 11.1 Å². The summed E-state index contributed by atoms with van der Waals surface area (Å²) in [5, 5.41) is 3.53. The highest BCUT2D eigenvalue weighted by Crippen LogP contribution is 2.41. The van der Waals surface area contributed by atoms with Crippen LogP contribution in [0, 0.1) is 0 Å². The van der Waals surface area contributed by atoms with Gasteiger partial charge in [0.15, 0.2) is 0 Å². The maximum atomic E-state index is 5.39. The average molecular weight is 221 g/mol. The molecule has 0 bridgehead atoms. The molecular formula is C13H19NO2. The first-order valence-electron chi connectivity index (χ1n) is 5.59. The molecule has 0 aromatic heterocycles. The van der Waals surface area contributed by atoms with Crippen LogP contribution in [0.4, 0.5) is 5.69 Å². The molecule has 0 amide bonds. The molecule has 1 N–H and O–H groups in total. The first-order chi connectivity index (χ1) is 7.57. The second kappa shape index (κ2) is 3.89. The number of nitrogens with one attached hydrogen (secondary N) is 1. The van der Waals surface area contributed by atoms with E-state index in [2.05, 4.69) is 19.2 Å². The standard InChI is InChI=1S/C13H19NO2/c1-13(2)8-7-9-10(15-3)5-6-11(16-4)12(9)14-13/h5-6,14H,7-8H2,1-4H3.